The van der Waals surface area contributed by atoms with E-state index in [1.54, 1.807) is 19.2 Å². The Morgan fingerprint density at radius 2 is 2.18 bits per heavy atom. The van der Waals surface area contributed by atoms with Crippen LogP contribution >= 0.6 is 0 Å². The maximum Gasteiger partial charge on any atom is 0.258 e. The summed E-state index contributed by atoms with van der Waals surface area (Å²) in [5.74, 6) is 1.07. The van der Waals surface area contributed by atoms with Gasteiger partial charge in [-0.25, -0.2) is 13.4 Å². The fraction of sp³-hybridized carbons (Fsp3) is 0.571. The maximum absolute atomic E-state index is 12.8. The fourth-order valence-electron chi connectivity index (χ4n) is 2.66. The molecular formula is C14H21N5O2S. The van der Waals surface area contributed by atoms with Gasteiger partial charge in [-0.3, -0.25) is 4.68 Å². The second kappa shape index (κ2) is 5.51. The van der Waals surface area contributed by atoms with Gasteiger partial charge in [0.2, 0.25) is 0 Å². The number of hydrogen-bond acceptors (Lipinski definition) is 4. The molecule has 1 saturated carbocycles. The molecule has 1 atom stereocenters. The Morgan fingerprint density at radius 3 is 2.73 bits per heavy atom. The highest BCUT2D eigenvalue weighted by molar-refractivity contribution is 7.89. The van der Waals surface area contributed by atoms with E-state index in [-0.39, 0.29) is 11.1 Å². The summed E-state index contributed by atoms with van der Waals surface area (Å²) >= 11 is 0. The van der Waals surface area contributed by atoms with Gasteiger partial charge >= 0.3 is 0 Å². The van der Waals surface area contributed by atoms with E-state index in [0.29, 0.717) is 18.2 Å². The lowest BCUT2D eigenvalue weighted by atomic mass is 10.2. The molecule has 2 heterocycles. The van der Waals surface area contributed by atoms with Gasteiger partial charge in [0.15, 0.2) is 5.03 Å². The standard InChI is InChI=1S/C14H21N5O2S/c1-4-19-12(9-10(2)16-19)22(20,21)17-13(11-5-6-11)14-15-7-8-18(14)3/h7-9,11,13,17H,4-6H2,1-3H3/t13-/m0/s1. The van der Waals surface area contributed by atoms with Gasteiger partial charge in [0.05, 0.1) is 11.7 Å². The molecule has 0 amide bonds. The molecule has 0 saturated heterocycles. The largest absolute Gasteiger partial charge is 0.337 e. The Bertz CT molecular complexity index is 773. The van der Waals surface area contributed by atoms with E-state index < -0.39 is 10.0 Å². The van der Waals surface area contributed by atoms with Crippen molar-refractivity contribution in [3.8, 4) is 0 Å². The minimum atomic E-state index is -3.63. The second-order valence-corrected chi connectivity index (χ2v) is 7.43. The quantitative estimate of drug-likeness (QED) is 0.870. The van der Waals surface area contributed by atoms with Crippen LogP contribution in [0.2, 0.25) is 0 Å². The van der Waals surface area contributed by atoms with Gasteiger partial charge in [0.1, 0.15) is 5.82 Å². The summed E-state index contributed by atoms with van der Waals surface area (Å²) in [5, 5.41) is 4.44. The number of hydrogen-bond donors (Lipinski definition) is 1. The van der Waals surface area contributed by atoms with Crippen molar-refractivity contribution in [2.45, 2.75) is 44.3 Å². The lowest BCUT2D eigenvalue weighted by molar-refractivity contribution is 0.489. The first kappa shape index (κ1) is 15.2. The van der Waals surface area contributed by atoms with Crippen LogP contribution in [0.4, 0.5) is 0 Å². The minimum absolute atomic E-state index is 0.215. The monoisotopic (exact) mass is 323 g/mol. The molecule has 8 heteroatoms. The van der Waals surface area contributed by atoms with E-state index in [0.717, 1.165) is 18.7 Å². The van der Waals surface area contributed by atoms with Crippen molar-refractivity contribution in [2.24, 2.45) is 13.0 Å². The molecule has 0 aliphatic heterocycles. The van der Waals surface area contributed by atoms with Gasteiger partial charge in [-0.05, 0) is 38.7 Å². The summed E-state index contributed by atoms with van der Waals surface area (Å²) in [6.45, 7) is 4.19. The van der Waals surface area contributed by atoms with E-state index in [1.807, 2.05) is 24.7 Å². The predicted octanol–water partition coefficient (Wildman–Crippen LogP) is 1.37. The Balaban J connectivity index is 1.93. The summed E-state index contributed by atoms with van der Waals surface area (Å²) in [7, 11) is -1.75. The van der Waals surface area contributed by atoms with E-state index >= 15 is 0 Å². The van der Waals surface area contributed by atoms with Crippen LogP contribution in [0.1, 0.15) is 37.3 Å². The lowest BCUT2D eigenvalue weighted by Gasteiger charge is -2.18. The molecule has 1 fully saturated rings. The van der Waals surface area contributed by atoms with Crippen LogP contribution in [0.15, 0.2) is 23.5 Å². The molecule has 0 bridgehead atoms. The maximum atomic E-state index is 12.8. The average Bonchev–Trinajstić information content (AvgIpc) is 3.10. The Hall–Kier alpha value is -1.67. The summed E-state index contributed by atoms with van der Waals surface area (Å²) in [6, 6.07) is 1.32. The zero-order chi connectivity index (χ0) is 15.9. The van der Waals surface area contributed by atoms with Crippen molar-refractivity contribution in [1.82, 2.24) is 24.1 Å². The zero-order valence-corrected chi connectivity index (χ0v) is 13.8. The van der Waals surface area contributed by atoms with Crippen LogP contribution < -0.4 is 4.72 Å². The van der Waals surface area contributed by atoms with E-state index in [4.69, 9.17) is 0 Å². The summed E-state index contributed by atoms with van der Waals surface area (Å²) < 4.78 is 31.7. The first-order valence-corrected chi connectivity index (χ1v) is 8.94. The van der Waals surface area contributed by atoms with Gasteiger partial charge in [-0.1, -0.05) is 0 Å². The molecule has 1 N–H and O–H groups in total. The highest BCUT2D eigenvalue weighted by Gasteiger charge is 2.38. The van der Waals surface area contributed by atoms with Crippen LogP contribution in [-0.2, 0) is 23.6 Å². The molecule has 2 aromatic heterocycles. The third-order valence-electron chi connectivity index (χ3n) is 3.95. The number of nitrogens with zero attached hydrogens (tertiary/aromatic N) is 4. The number of aryl methyl sites for hydroxylation is 3. The highest BCUT2D eigenvalue weighted by Crippen LogP contribution is 2.41. The number of imidazole rings is 1. The molecule has 0 unspecified atom stereocenters. The molecule has 0 spiro atoms. The first-order valence-electron chi connectivity index (χ1n) is 7.46. The van der Waals surface area contributed by atoms with Gasteiger partial charge in [0, 0.05) is 26.0 Å². The zero-order valence-electron chi connectivity index (χ0n) is 13.0. The number of aromatic nitrogens is 4. The molecular weight excluding hydrogens is 302 g/mol. The molecule has 0 radical (unpaired) electrons. The van der Waals surface area contributed by atoms with Crippen molar-refractivity contribution in [1.29, 1.82) is 0 Å². The smallest absolute Gasteiger partial charge is 0.258 e. The Kier molecular flexibility index (Phi) is 3.82. The Labute approximate surface area is 130 Å². The van der Waals surface area contributed by atoms with Crippen molar-refractivity contribution < 1.29 is 8.42 Å². The summed E-state index contributed by atoms with van der Waals surface area (Å²) in [6.07, 6.45) is 5.57. The van der Waals surface area contributed by atoms with Crippen molar-refractivity contribution in [3.63, 3.8) is 0 Å². The third kappa shape index (κ3) is 2.80. The van der Waals surface area contributed by atoms with E-state index in [1.165, 1.54) is 4.68 Å². The fourth-order valence-corrected chi connectivity index (χ4v) is 4.18. The van der Waals surface area contributed by atoms with Crippen LogP contribution in [0, 0.1) is 12.8 Å². The minimum Gasteiger partial charge on any atom is -0.337 e. The van der Waals surface area contributed by atoms with Crippen molar-refractivity contribution in [3.05, 3.63) is 30.0 Å². The molecule has 1 aliphatic rings. The van der Waals surface area contributed by atoms with Crippen LogP contribution in [0.25, 0.3) is 0 Å². The van der Waals surface area contributed by atoms with Crippen LogP contribution in [0.5, 0.6) is 0 Å². The molecule has 3 rings (SSSR count). The van der Waals surface area contributed by atoms with Crippen LogP contribution in [-0.4, -0.2) is 27.7 Å². The third-order valence-corrected chi connectivity index (χ3v) is 5.40. The average molecular weight is 323 g/mol. The predicted molar refractivity (Wildman–Crippen MR) is 81.6 cm³/mol. The van der Waals surface area contributed by atoms with Gasteiger partial charge in [0.25, 0.3) is 10.0 Å². The number of nitrogens with one attached hydrogen (secondary N) is 1. The summed E-state index contributed by atoms with van der Waals surface area (Å²) in [4.78, 5) is 4.32. The Morgan fingerprint density at radius 1 is 1.45 bits per heavy atom. The molecule has 7 nitrogen and oxygen atoms in total. The topological polar surface area (TPSA) is 81.8 Å². The van der Waals surface area contributed by atoms with Crippen molar-refractivity contribution in [2.75, 3.05) is 0 Å². The summed E-state index contributed by atoms with van der Waals surface area (Å²) in [5.41, 5.74) is 0.696. The van der Waals surface area contributed by atoms with Crippen molar-refractivity contribution >= 4 is 10.0 Å². The number of sulfonamides is 1. The van der Waals surface area contributed by atoms with Crippen LogP contribution in [0.3, 0.4) is 0 Å². The van der Waals surface area contributed by atoms with Gasteiger partial charge < -0.3 is 4.57 Å². The highest BCUT2D eigenvalue weighted by atomic mass is 32.2. The van der Waals surface area contributed by atoms with Gasteiger partial charge in [-0.2, -0.15) is 9.82 Å². The van der Waals surface area contributed by atoms with Gasteiger partial charge in [-0.15, -0.1) is 0 Å². The molecule has 2 aromatic rings. The first-order chi connectivity index (χ1) is 10.4. The molecule has 120 valence electrons. The van der Waals surface area contributed by atoms with E-state index in [9.17, 15) is 8.42 Å². The lowest BCUT2D eigenvalue weighted by Crippen LogP contribution is -2.33. The molecule has 22 heavy (non-hydrogen) atoms. The molecule has 1 aliphatic carbocycles. The SMILES string of the molecule is CCn1nc(C)cc1S(=O)(=O)N[C@H](c1nccn1C)C1CC1. The second-order valence-electron chi connectivity index (χ2n) is 5.77. The van der Waals surface area contributed by atoms with E-state index in [2.05, 4.69) is 14.8 Å². The molecule has 0 aromatic carbocycles. The number of rotatable bonds is 6. The normalized spacial score (nSPS) is 16.9.